The molecule has 1 unspecified atom stereocenters. The van der Waals surface area contributed by atoms with E-state index < -0.39 is 0 Å². The predicted molar refractivity (Wildman–Crippen MR) is 94.2 cm³/mol. The predicted octanol–water partition coefficient (Wildman–Crippen LogP) is 2.80. The van der Waals surface area contributed by atoms with Crippen LogP contribution >= 0.6 is 0 Å². The molecule has 132 valence electrons. The molecule has 0 radical (unpaired) electrons. The molecule has 6 heteroatoms. The maximum absolute atomic E-state index is 13.0. The Kier molecular flexibility index (Phi) is 4.06. The average Bonchev–Trinajstić information content (AvgIpc) is 3.19. The molecule has 2 aliphatic rings. The third-order valence-corrected chi connectivity index (χ3v) is 5.86. The minimum Gasteiger partial charge on any atom is -0.337 e. The van der Waals surface area contributed by atoms with E-state index in [1.807, 2.05) is 30.3 Å². The number of hydrogen-bond acceptors (Lipinski definition) is 4. The van der Waals surface area contributed by atoms with E-state index in [1.54, 1.807) is 6.20 Å². The zero-order valence-electron chi connectivity index (χ0n) is 15.0. The molecular weight excluding hydrogens is 314 g/mol. The Bertz CT molecular complexity index is 762. The summed E-state index contributed by atoms with van der Waals surface area (Å²) in [5.41, 5.74) is 1.79. The van der Waals surface area contributed by atoms with Gasteiger partial charge in [0, 0.05) is 37.4 Å². The first-order valence-electron chi connectivity index (χ1n) is 9.22. The van der Waals surface area contributed by atoms with Crippen LogP contribution in [0.3, 0.4) is 0 Å². The molecule has 25 heavy (non-hydrogen) atoms. The molecule has 1 saturated heterocycles. The minimum atomic E-state index is 0.0860. The van der Waals surface area contributed by atoms with E-state index in [1.165, 1.54) is 19.3 Å². The summed E-state index contributed by atoms with van der Waals surface area (Å²) in [5.74, 6) is 1.43. The first-order valence-corrected chi connectivity index (χ1v) is 9.22. The van der Waals surface area contributed by atoms with E-state index in [0.29, 0.717) is 5.56 Å². The van der Waals surface area contributed by atoms with E-state index in [4.69, 9.17) is 0 Å². The lowest BCUT2D eigenvalue weighted by Gasteiger charge is -2.42. The van der Waals surface area contributed by atoms with Gasteiger partial charge in [0.2, 0.25) is 0 Å². The fourth-order valence-corrected chi connectivity index (χ4v) is 4.34. The van der Waals surface area contributed by atoms with Crippen LogP contribution in [0.4, 0.5) is 0 Å². The van der Waals surface area contributed by atoms with Gasteiger partial charge >= 0.3 is 0 Å². The highest BCUT2D eigenvalue weighted by molar-refractivity contribution is 5.94. The van der Waals surface area contributed by atoms with Crippen molar-refractivity contribution in [2.24, 2.45) is 5.41 Å². The number of rotatable bonds is 4. The van der Waals surface area contributed by atoms with Crippen molar-refractivity contribution in [3.05, 3.63) is 41.7 Å². The quantitative estimate of drug-likeness (QED) is 0.859. The summed E-state index contributed by atoms with van der Waals surface area (Å²) in [6.07, 6.45) is 8.17. The van der Waals surface area contributed by atoms with E-state index in [0.717, 1.165) is 37.6 Å². The lowest BCUT2D eigenvalue weighted by atomic mass is 9.62. The second kappa shape index (κ2) is 6.24. The van der Waals surface area contributed by atoms with Crippen molar-refractivity contribution in [2.45, 2.75) is 52.0 Å². The molecule has 1 aliphatic heterocycles. The van der Waals surface area contributed by atoms with Crippen molar-refractivity contribution < 1.29 is 4.79 Å². The Hall–Kier alpha value is -2.24. The molecule has 4 rings (SSSR count). The number of aryl methyl sites for hydroxylation is 2. The minimum absolute atomic E-state index is 0.0860. The number of aromatic nitrogens is 4. The number of likely N-dealkylation sites (tertiary alicyclic amines) is 1. The molecule has 2 fully saturated rings. The number of nitrogens with zero attached hydrogens (tertiary/aromatic N) is 5. The van der Waals surface area contributed by atoms with Crippen LogP contribution in [0.5, 0.6) is 0 Å². The number of carbonyl (C=O) groups is 1. The topological polar surface area (TPSA) is 63.9 Å². The Morgan fingerprint density at radius 1 is 1.36 bits per heavy atom. The highest BCUT2D eigenvalue weighted by Gasteiger charge is 2.53. The van der Waals surface area contributed by atoms with Crippen LogP contribution in [0.1, 0.15) is 60.4 Å². The fourth-order valence-electron chi connectivity index (χ4n) is 4.34. The summed E-state index contributed by atoms with van der Waals surface area (Å²) in [6, 6.07) is 3.78. The number of amides is 1. The standard InChI is InChI=1S/C19H25N5O/c1-3-9-23-13-21-22-17(23)16-11-24(12-19(16)7-4-8-19)18(25)15-6-5-14(2)20-10-15/h5-6,10,13,16H,3-4,7-9,11-12H2,1-2H3. The van der Waals surface area contributed by atoms with Gasteiger partial charge in [-0.05, 0) is 43.7 Å². The normalized spacial score (nSPS) is 21.5. The zero-order chi connectivity index (χ0) is 17.4. The molecule has 3 heterocycles. The van der Waals surface area contributed by atoms with E-state index in [9.17, 15) is 4.79 Å². The molecule has 6 nitrogen and oxygen atoms in total. The van der Waals surface area contributed by atoms with Crippen LogP contribution in [0.2, 0.25) is 0 Å². The summed E-state index contributed by atoms with van der Waals surface area (Å²) in [5, 5.41) is 8.58. The molecule has 1 amide bonds. The molecule has 0 N–H and O–H groups in total. The van der Waals surface area contributed by atoms with Crippen LogP contribution in [0.25, 0.3) is 0 Å². The Morgan fingerprint density at radius 3 is 2.84 bits per heavy atom. The monoisotopic (exact) mass is 339 g/mol. The van der Waals surface area contributed by atoms with Crippen molar-refractivity contribution in [3.8, 4) is 0 Å². The Labute approximate surface area is 148 Å². The first kappa shape index (κ1) is 16.2. The van der Waals surface area contributed by atoms with Crippen LogP contribution < -0.4 is 0 Å². The van der Waals surface area contributed by atoms with Crippen LogP contribution in [0.15, 0.2) is 24.7 Å². The number of pyridine rings is 1. The van der Waals surface area contributed by atoms with Crippen molar-refractivity contribution in [1.29, 1.82) is 0 Å². The van der Waals surface area contributed by atoms with Gasteiger partial charge in [-0.3, -0.25) is 9.78 Å². The van der Waals surface area contributed by atoms with E-state index in [-0.39, 0.29) is 17.2 Å². The summed E-state index contributed by atoms with van der Waals surface area (Å²) >= 11 is 0. The van der Waals surface area contributed by atoms with Gasteiger partial charge in [-0.25, -0.2) is 0 Å². The summed E-state index contributed by atoms with van der Waals surface area (Å²) in [4.78, 5) is 19.2. The zero-order valence-corrected chi connectivity index (χ0v) is 15.0. The lowest BCUT2D eigenvalue weighted by molar-refractivity contribution is 0.0723. The molecule has 1 saturated carbocycles. The summed E-state index contributed by atoms with van der Waals surface area (Å²) < 4.78 is 2.17. The van der Waals surface area contributed by atoms with Gasteiger partial charge in [-0.1, -0.05) is 13.3 Å². The summed E-state index contributed by atoms with van der Waals surface area (Å²) in [6.45, 7) is 6.59. The molecule has 0 bridgehead atoms. The van der Waals surface area contributed by atoms with Crippen molar-refractivity contribution in [1.82, 2.24) is 24.6 Å². The average molecular weight is 339 g/mol. The molecule has 0 aromatic carbocycles. The summed E-state index contributed by atoms with van der Waals surface area (Å²) in [7, 11) is 0. The lowest BCUT2D eigenvalue weighted by Crippen LogP contribution is -2.38. The van der Waals surface area contributed by atoms with Crippen LogP contribution in [-0.4, -0.2) is 43.6 Å². The largest absolute Gasteiger partial charge is 0.337 e. The number of carbonyl (C=O) groups excluding carboxylic acids is 1. The third kappa shape index (κ3) is 2.73. The van der Waals surface area contributed by atoms with Gasteiger partial charge in [0.15, 0.2) is 0 Å². The molecule has 2 aromatic heterocycles. The third-order valence-electron chi connectivity index (χ3n) is 5.86. The second-order valence-electron chi connectivity index (χ2n) is 7.52. The first-order chi connectivity index (χ1) is 12.1. The SMILES string of the molecule is CCCn1cnnc1C1CN(C(=O)c2ccc(C)nc2)CC12CCC2. The smallest absolute Gasteiger partial charge is 0.255 e. The van der Waals surface area contributed by atoms with Gasteiger partial charge < -0.3 is 9.47 Å². The van der Waals surface area contributed by atoms with Crippen molar-refractivity contribution in [3.63, 3.8) is 0 Å². The molecular formula is C19H25N5O. The molecule has 1 aliphatic carbocycles. The van der Waals surface area contributed by atoms with E-state index in [2.05, 4.69) is 26.7 Å². The fraction of sp³-hybridized carbons (Fsp3) is 0.579. The van der Waals surface area contributed by atoms with Crippen molar-refractivity contribution in [2.75, 3.05) is 13.1 Å². The molecule has 1 atom stereocenters. The van der Waals surface area contributed by atoms with Crippen LogP contribution in [0, 0.1) is 12.3 Å². The van der Waals surface area contributed by atoms with Gasteiger partial charge in [-0.15, -0.1) is 10.2 Å². The number of hydrogen-bond donors (Lipinski definition) is 0. The maximum atomic E-state index is 13.0. The van der Waals surface area contributed by atoms with E-state index >= 15 is 0 Å². The van der Waals surface area contributed by atoms with Gasteiger partial charge in [0.25, 0.3) is 5.91 Å². The molecule has 2 aromatic rings. The highest BCUT2D eigenvalue weighted by atomic mass is 16.2. The van der Waals surface area contributed by atoms with Crippen LogP contribution in [-0.2, 0) is 6.54 Å². The van der Waals surface area contributed by atoms with Crippen molar-refractivity contribution >= 4 is 5.91 Å². The highest BCUT2D eigenvalue weighted by Crippen LogP contribution is 2.55. The van der Waals surface area contributed by atoms with Gasteiger partial charge in [0.05, 0.1) is 5.56 Å². The van der Waals surface area contributed by atoms with Gasteiger partial charge in [-0.2, -0.15) is 0 Å². The second-order valence-corrected chi connectivity index (χ2v) is 7.52. The molecule has 1 spiro atoms. The Morgan fingerprint density at radius 2 is 2.20 bits per heavy atom. The Balaban J connectivity index is 1.60. The van der Waals surface area contributed by atoms with Gasteiger partial charge in [0.1, 0.15) is 12.2 Å². The maximum Gasteiger partial charge on any atom is 0.255 e.